The molecule has 4 nitrogen and oxygen atoms in total. The lowest BCUT2D eigenvalue weighted by atomic mass is 10.2. The van der Waals surface area contributed by atoms with Crippen molar-refractivity contribution >= 4 is 0 Å². The molecule has 0 bridgehead atoms. The van der Waals surface area contributed by atoms with Gasteiger partial charge in [0.1, 0.15) is 11.5 Å². The Hall–Kier alpha value is -1.47. The van der Waals surface area contributed by atoms with Gasteiger partial charge in [0.25, 0.3) is 0 Å². The first-order valence-corrected chi connectivity index (χ1v) is 5.08. The summed E-state index contributed by atoms with van der Waals surface area (Å²) in [5, 5.41) is 0. The van der Waals surface area contributed by atoms with Crippen LogP contribution in [-0.4, -0.2) is 27.0 Å². The standard InChI is InChI=1S/C11H14F3NO3/c1-16-9-3-4-10(17-2)8(5-9)6-15-18-7-11(12,13)14/h3-5,15H,6-7H2,1-2H3. The highest BCUT2D eigenvalue weighted by Crippen LogP contribution is 2.23. The lowest BCUT2D eigenvalue weighted by Crippen LogP contribution is -2.24. The van der Waals surface area contributed by atoms with Gasteiger partial charge < -0.3 is 9.47 Å². The molecule has 1 aromatic rings. The molecule has 0 saturated carbocycles. The Kier molecular flexibility index (Phi) is 5.24. The average Bonchev–Trinajstić information content (AvgIpc) is 2.33. The van der Waals surface area contributed by atoms with Crippen molar-refractivity contribution in [1.29, 1.82) is 0 Å². The number of rotatable bonds is 6. The first-order valence-electron chi connectivity index (χ1n) is 5.08. The zero-order chi connectivity index (χ0) is 13.6. The second-order valence-corrected chi connectivity index (χ2v) is 3.40. The molecule has 0 radical (unpaired) electrons. The maximum atomic E-state index is 11.8. The molecular weight excluding hydrogens is 251 g/mol. The number of methoxy groups -OCH3 is 2. The Morgan fingerprint density at radius 3 is 2.44 bits per heavy atom. The second kappa shape index (κ2) is 6.46. The zero-order valence-corrected chi connectivity index (χ0v) is 10.0. The van der Waals surface area contributed by atoms with Crippen molar-refractivity contribution in [3.05, 3.63) is 23.8 Å². The van der Waals surface area contributed by atoms with Crippen molar-refractivity contribution in [1.82, 2.24) is 5.48 Å². The normalized spacial score (nSPS) is 11.4. The Bertz CT molecular complexity index is 382. The Labute approximate surface area is 103 Å². The summed E-state index contributed by atoms with van der Waals surface area (Å²) in [7, 11) is 2.97. The van der Waals surface area contributed by atoms with Crippen LogP contribution in [0.25, 0.3) is 0 Å². The van der Waals surface area contributed by atoms with Gasteiger partial charge in [0.2, 0.25) is 0 Å². The minimum absolute atomic E-state index is 0.0798. The van der Waals surface area contributed by atoms with E-state index in [4.69, 9.17) is 9.47 Å². The van der Waals surface area contributed by atoms with Crippen molar-refractivity contribution in [3.8, 4) is 11.5 Å². The first kappa shape index (κ1) is 14.6. The molecule has 0 atom stereocenters. The van der Waals surface area contributed by atoms with Gasteiger partial charge in [-0.15, -0.1) is 0 Å². The molecule has 1 aromatic carbocycles. The van der Waals surface area contributed by atoms with Crippen LogP contribution in [0.5, 0.6) is 11.5 Å². The van der Waals surface area contributed by atoms with E-state index in [0.717, 1.165) is 0 Å². The lowest BCUT2D eigenvalue weighted by molar-refractivity contribution is -0.190. The van der Waals surface area contributed by atoms with E-state index in [-0.39, 0.29) is 6.54 Å². The molecule has 0 heterocycles. The predicted molar refractivity (Wildman–Crippen MR) is 58.4 cm³/mol. The average molecular weight is 265 g/mol. The van der Waals surface area contributed by atoms with Gasteiger partial charge >= 0.3 is 6.18 Å². The number of nitrogens with one attached hydrogen (secondary N) is 1. The third-order valence-corrected chi connectivity index (χ3v) is 2.09. The van der Waals surface area contributed by atoms with E-state index in [0.29, 0.717) is 17.1 Å². The summed E-state index contributed by atoms with van der Waals surface area (Å²) in [4.78, 5) is 4.30. The van der Waals surface area contributed by atoms with Crippen LogP contribution < -0.4 is 15.0 Å². The molecule has 0 aliphatic carbocycles. The van der Waals surface area contributed by atoms with Crippen molar-refractivity contribution in [2.45, 2.75) is 12.7 Å². The van der Waals surface area contributed by atoms with E-state index in [1.54, 1.807) is 18.2 Å². The summed E-state index contributed by atoms with van der Waals surface area (Å²) < 4.78 is 45.6. The Morgan fingerprint density at radius 1 is 1.17 bits per heavy atom. The van der Waals surface area contributed by atoms with Crippen LogP contribution in [-0.2, 0) is 11.4 Å². The van der Waals surface area contributed by atoms with Crippen LogP contribution in [0.15, 0.2) is 18.2 Å². The monoisotopic (exact) mass is 265 g/mol. The minimum Gasteiger partial charge on any atom is -0.497 e. The smallest absolute Gasteiger partial charge is 0.413 e. The summed E-state index contributed by atoms with van der Waals surface area (Å²) >= 11 is 0. The molecule has 0 aliphatic rings. The number of hydroxylamine groups is 1. The topological polar surface area (TPSA) is 39.7 Å². The van der Waals surface area contributed by atoms with E-state index >= 15 is 0 Å². The maximum absolute atomic E-state index is 11.8. The van der Waals surface area contributed by atoms with Crippen LogP contribution in [0.1, 0.15) is 5.56 Å². The quantitative estimate of drug-likeness (QED) is 0.632. The second-order valence-electron chi connectivity index (χ2n) is 3.40. The first-order chi connectivity index (χ1) is 8.46. The highest BCUT2D eigenvalue weighted by atomic mass is 19.4. The molecule has 0 saturated heterocycles. The Balaban J connectivity index is 2.54. The summed E-state index contributed by atoms with van der Waals surface area (Å²) in [6, 6.07) is 5.02. The van der Waals surface area contributed by atoms with Gasteiger partial charge in [-0.1, -0.05) is 0 Å². The zero-order valence-electron chi connectivity index (χ0n) is 10.0. The van der Waals surface area contributed by atoms with Crippen molar-refractivity contribution in [2.24, 2.45) is 0 Å². The van der Waals surface area contributed by atoms with E-state index in [2.05, 4.69) is 10.3 Å². The van der Waals surface area contributed by atoms with E-state index in [1.807, 2.05) is 0 Å². The molecule has 1 N–H and O–H groups in total. The molecule has 0 fully saturated rings. The van der Waals surface area contributed by atoms with Crippen LogP contribution >= 0.6 is 0 Å². The Morgan fingerprint density at radius 2 is 1.89 bits per heavy atom. The van der Waals surface area contributed by atoms with Gasteiger partial charge in [0.15, 0.2) is 6.61 Å². The summed E-state index contributed by atoms with van der Waals surface area (Å²) in [5.74, 6) is 1.13. The summed E-state index contributed by atoms with van der Waals surface area (Å²) in [6.07, 6.45) is -4.36. The number of hydrogen-bond acceptors (Lipinski definition) is 4. The van der Waals surface area contributed by atoms with Gasteiger partial charge in [0, 0.05) is 12.1 Å². The molecular formula is C11H14F3NO3. The molecule has 0 unspecified atom stereocenters. The number of hydrogen-bond donors (Lipinski definition) is 1. The summed E-state index contributed by atoms with van der Waals surface area (Å²) in [6.45, 7) is -1.27. The number of ether oxygens (including phenoxy) is 2. The predicted octanol–water partition coefficient (Wildman–Crippen LogP) is 2.29. The van der Waals surface area contributed by atoms with Crippen LogP contribution in [0, 0.1) is 0 Å². The van der Waals surface area contributed by atoms with Gasteiger partial charge in [-0.25, -0.2) is 0 Å². The molecule has 1 rings (SSSR count). The van der Waals surface area contributed by atoms with Crippen LogP contribution in [0.3, 0.4) is 0 Å². The fraction of sp³-hybridized carbons (Fsp3) is 0.455. The fourth-order valence-corrected chi connectivity index (χ4v) is 1.28. The van der Waals surface area contributed by atoms with Crippen molar-refractivity contribution in [3.63, 3.8) is 0 Å². The molecule has 7 heteroatoms. The SMILES string of the molecule is COc1ccc(OC)c(CNOCC(F)(F)F)c1. The van der Waals surface area contributed by atoms with Gasteiger partial charge in [-0.2, -0.15) is 18.7 Å². The number of alkyl halides is 3. The molecule has 0 spiro atoms. The van der Waals surface area contributed by atoms with Gasteiger partial charge in [0.05, 0.1) is 14.2 Å². The third kappa shape index (κ3) is 4.80. The van der Waals surface area contributed by atoms with Gasteiger partial charge in [-0.3, -0.25) is 4.84 Å². The van der Waals surface area contributed by atoms with Gasteiger partial charge in [-0.05, 0) is 18.2 Å². The highest BCUT2D eigenvalue weighted by molar-refractivity contribution is 5.40. The largest absolute Gasteiger partial charge is 0.497 e. The van der Waals surface area contributed by atoms with Crippen molar-refractivity contribution in [2.75, 3.05) is 20.8 Å². The third-order valence-electron chi connectivity index (χ3n) is 2.09. The molecule has 0 amide bonds. The van der Waals surface area contributed by atoms with E-state index < -0.39 is 12.8 Å². The van der Waals surface area contributed by atoms with Crippen molar-refractivity contribution < 1.29 is 27.5 Å². The van der Waals surface area contributed by atoms with E-state index in [9.17, 15) is 13.2 Å². The maximum Gasteiger partial charge on any atom is 0.413 e. The fourth-order valence-electron chi connectivity index (χ4n) is 1.28. The molecule has 0 aliphatic heterocycles. The van der Waals surface area contributed by atoms with E-state index in [1.165, 1.54) is 14.2 Å². The highest BCUT2D eigenvalue weighted by Gasteiger charge is 2.27. The van der Waals surface area contributed by atoms with Crippen LogP contribution in [0.2, 0.25) is 0 Å². The molecule has 0 aromatic heterocycles. The van der Waals surface area contributed by atoms with Crippen LogP contribution in [0.4, 0.5) is 13.2 Å². The minimum atomic E-state index is -4.36. The molecule has 18 heavy (non-hydrogen) atoms. The lowest BCUT2D eigenvalue weighted by Gasteiger charge is -2.12. The number of benzene rings is 1. The number of halogens is 3. The molecule has 102 valence electrons. The summed E-state index contributed by atoms with van der Waals surface area (Å²) in [5.41, 5.74) is 2.87.